The zero-order chi connectivity index (χ0) is 18.6. The van der Waals surface area contributed by atoms with Gasteiger partial charge in [0, 0.05) is 16.8 Å². The van der Waals surface area contributed by atoms with E-state index in [9.17, 15) is 9.59 Å². The quantitative estimate of drug-likeness (QED) is 0.508. The molecule has 0 bridgehead atoms. The van der Waals surface area contributed by atoms with Crippen LogP contribution in [0.2, 0.25) is 0 Å². The smallest absolute Gasteiger partial charge is 0.323 e. The molecule has 4 rings (SSSR count). The molecule has 0 saturated carbocycles. The van der Waals surface area contributed by atoms with Gasteiger partial charge in [0.15, 0.2) is 0 Å². The van der Waals surface area contributed by atoms with Crippen LogP contribution in [0.1, 0.15) is 15.9 Å². The summed E-state index contributed by atoms with van der Waals surface area (Å²) in [6.45, 7) is 0.289. The predicted molar refractivity (Wildman–Crippen MR) is 104 cm³/mol. The molecule has 0 unspecified atom stereocenters. The van der Waals surface area contributed by atoms with Crippen LogP contribution >= 0.6 is 0 Å². The Morgan fingerprint density at radius 1 is 0.889 bits per heavy atom. The lowest BCUT2D eigenvalue weighted by Crippen LogP contribution is -2.15. The van der Waals surface area contributed by atoms with Crippen molar-refractivity contribution in [2.75, 3.05) is 5.32 Å². The van der Waals surface area contributed by atoms with E-state index in [0.717, 1.165) is 11.3 Å². The summed E-state index contributed by atoms with van der Waals surface area (Å²) in [5, 5.41) is 2.87. The number of para-hydroxylation sites is 1. The number of anilines is 1. The standard InChI is InChI=1S/C21H17N3O3/c25-20(22-15-10-11-18-19(12-15)24-21(26)23-18)17-9-5-4-6-14(17)13-27-16-7-2-1-3-8-16/h1-12H,13H2,(H,22,25)(H2,23,24,26). The van der Waals surface area contributed by atoms with E-state index in [1.165, 1.54) is 0 Å². The Labute approximate surface area is 154 Å². The molecule has 0 aliphatic heterocycles. The summed E-state index contributed by atoms with van der Waals surface area (Å²) in [6.07, 6.45) is 0. The van der Waals surface area contributed by atoms with E-state index >= 15 is 0 Å². The van der Waals surface area contributed by atoms with Crippen LogP contribution in [-0.2, 0) is 6.61 Å². The zero-order valence-corrected chi connectivity index (χ0v) is 14.4. The highest BCUT2D eigenvalue weighted by atomic mass is 16.5. The molecule has 1 heterocycles. The Morgan fingerprint density at radius 3 is 2.48 bits per heavy atom. The SMILES string of the molecule is O=C(Nc1ccc2[nH]c(=O)[nH]c2c1)c1ccccc1COc1ccccc1. The number of amides is 1. The molecule has 27 heavy (non-hydrogen) atoms. The Hall–Kier alpha value is -3.80. The molecular formula is C21H17N3O3. The number of carbonyl (C=O) groups excluding carboxylic acids is 1. The lowest BCUT2D eigenvalue weighted by Gasteiger charge is -2.11. The van der Waals surface area contributed by atoms with Crippen molar-refractivity contribution in [3.63, 3.8) is 0 Å². The van der Waals surface area contributed by atoms with Gasteiger partial charge in [-0.15, -0.1) is 0 Å². The fraction of sp³-hybridized carbons (Fsp3) is 0.0476. The van der Waals surface area contributed by atoms with Gasteiger partial charge < -0.3 is 20.0 Å². The molecule has 0 fully saturated rings. The maximum atomic E-state index is 12.7. The molecule has 1 aromatic heterocycles. The maximum absolute atomic E-state index is 12.7. The topological polar surface area (TPSA) is 87.0 Å². The molecule has 0 aliphatic rings. The molecule has 1 amide bonds. The Bertz CT molecular complexity index is 1150. The van der Waals surface area contributed by atoms with Crippen LogP contribution in [0.5, 0.6) is 5.75 Å². The van der Waals surface area contributed by atoms with E-state index in [1.807, 2.05) is 48.5 Å². The minimum Gasteiger partial charge on any atom is -0.489 e. The highest BCUT2D eigenvalue weighted by Crippen LogP contribution is 2.18. The second kappa shape index (κ2) is 7.21. The van der Waals surface area contributed by atoms with Gasteiger partial charge in [-0.3, -0.25) is 4.79 Å². The predicted octanol–water partition coefficient (Wildman–Crippen LogP) is 3.69. The summed E-state index contributed by atoms with van der Waals surface area (Å²) in [5.41, 5.74) is 2.97. The van der Waals surface area contributed by atoms with E-state index in [0.29, 0.717) is 22.3 Å². The van der Waals surface area contributed by atoms with Gasteiger partial charge in [0.25, 0.3) is 5.91 Å². The number of aromatic amines is 2. The van der Waals surface area contributed by atoms with Crippen LogP contribution < -0.4 is 15.7 Å². The third-order valence-corrected chi connectivity index (χ3v) is 4.17. The number of benzene rings is 3. The summed E-state index contributed by atoms with van der Waals surface area (Å²) in [4.78, 5) is 29.5. The zero-order valence-electron chi connectivity index (χ0n) is 14.4. The van der Waals surface area contributed by atoms with E-state index in [1.54, 1.807) is 24.3 Å². The number of nitrogens with one attached hydrogen (secondary N) is 3. The number of carbonyl (C=O) groups is 1. The average molecular weight is 359 g/mol. The third-order valence-electron chi connectivity index (χ3n) is 4.17. The van der Waals surface area contributed by atoms with Crippen LogP contribution in [0.3, 0.4) is 0 Å². The number of aromatic nitrogens is 2. The minimum atomic E-state index is -0.281. The van der Waals surface area contributed by atoms with Gasteiger partial charge in [-0.05, 0) is 36.4 Å². The molecular weight excluding hydrogens is 342 g/mol. The fourth-order valence-electron chi connectivity index (χ4n) is 2.85. The first-order valence-electron chi connectivity index (χ1n) is 8.48. The van der Waals surface area contributed by atoms with Crippen molar-refractivity contribution in [2.45, 2.75) is 6.61 Å². The first-order chi connectivity index (χ1) is 13.2. The summed E-state index contributed by atoms with van der Waals surface area (Å²) < 4.78 is 5.77. The Balaban J connectivity index is 1.53. The first-order valence-corrected chi connectivity index (χ1v) is 8.48. The molecule has 0 aliphatic carbocycles. The van der Waals surface area contributed by atoms with Gasteiger partial charge in [0.2, 0.25) is 0 Å². The number of ether oxygens (including phenoxy) is 1. The molecule has 3 N–H and O–H groups in total. The first kappa shape index (κ1) is 16.7. The molecule has 6 heteroatoms. The van der Waals surface area contributed by atoms with Crippen LogP contribution in [0, 0.1) is 0 Å². The van der Waals surface area contributed by atoms with E-state index in [2.05, 4.69) is 15.3 Å². The van der Waals surface area contributed by atoms with Crippen molar-refractivity contribution in [1.29, 1.82) is 0 Å². The summed E-state index contributed by atoms with van der Waals surface area (Å²) in [5.74, 6) is 0.508. The van der Waals surface area contributed by atoms with Gasteiger partial charge in [-0.25, -0.2) is 4.79 Å². The normalized spacial score (nSPS) is 10.7. The van der Waals surface area contributed by atoms with E-state index in [-0.39, 0.29) is 18.2 Å². The molecule has 0 saturated heterocycles. The van der Waals surface area contributed by atoms with Crippen molar-refractivity contribution in [1.82, 2.24) is 9.97 Å². The monoisotopic (exact) mass is 359 g/mol. The second-order valence-corrected chi connectivity index (χ2v) is 6.05. The van der Waals surface area contributed by atoms with Crippen LogP contribution in [0.15, 0.2) is 77.6 Å². The second-order valence-electron chi connectivity index (χ2n) is 6.05. The van der Waals surface area contributed by atoms with Crippen LogP contribution in [-0.4, -0.2) is 15.9 Å². The van der Waals surface area contributed by atoms with Gasteiger partial charge >= 0.3 is 5.69 Å². The van der Waals surface area contributed by atoms with Crippen molar-refractivity contribution in [3.05, 3.63) is 94.4 Å². The molecule has 134 valence electrons. The minimum absolute atomic E-state index is 0.237. The number of imidazole rings is 1. The third kappa shape index (κ3) is 3.74. The average Bonchev–Trinajstić information content (AvgIpc) is 3.06. The summed E-state index contributed by atoms with van der Waals surface area (Å²) in [6, 6.07) is 22.0. The number of H-pyrrole nitrogens is 2. The highest BCUT2D eigenvalue weighted by molar-refractivity contribution is 6.05. The van der Waals surface area contributed by atoms with Crippen molar-refractivity contribution in [3.8, 4) is 5.75 Å². The molecule has 0 radical (unpaired) electrons. The number of hydrogen-bond acceptors (Lipinski definition) is 3. The summed E-state index contributed by atoms with van der Waals surface area (Å²) in [7, 11) is 0. The van der Waals surface area contributed by atoms with Crippen molar-refractivity contribution >= 4 is 22.6 Å². The van der Waals surface area contributed by atoms with Crippen molar-refractivity contribution < 1.29 is 9.53 Å². The number of rotatable bonds is 5. The molecule has 0 atom stereocenters. The van der Waals surface area contributed by atoms with Gasteiger partial charge in [-0.1, -0.05) is 36.4 Å². The lowest BCUT2D eigenvalue weighted by molar-refractivity contribution is 0.102. The highest BCUT2D eigenvalue weighted by Gasteiger charge is 2.12. The van der Waals surface area contributed by atoms with Gasteiger partial charge in [0.05, 0.1) is 11.0 Å². The van der Waals surface area contributed by atoms with Gasteiger partial charge in [0.1, 0.15) is 12.4 Å². The van der Waals surface area contributed by atoms with Crippen LogP contribution in [0.25, 0.3) is 11.0 Å². The van der Waals surface area contributed by atoms with E-state index < -0.39 is 0 Å². The Kier molecular flexibility index (Phi) is 4.45. The lowest BCUT2D eigenvalue weighted by atomic mass is 10.1. The number of hydrogen-bond donors (Lipinski definition) is 3. The summed E-state index contributed by atoms with van der Waals surface area (Å²) >= 11 is 0. The Morgan fingerprint density at radius 2 is 1.63 bits per heavy atom. The molecule has 4 aromatic rings. The molecule has 6 nitrogen and oxygen atoms in total. The largest absolute Gasteiger partial charge is 0.489 e. The fourth-order valence-corrected chi connectivity index (χ4v) is 2.85. The van der Waals surface area contributed by atoms with Crippen LogP contribution in [0.4, 0.5) is 5.69 Å². The van der Waals surface area contributed by atoms with Crippen molar-refractivity contribution in [2.24, 2.45) is 0 Å². The van der Waals surface area contributed by atoms with Gasteiger partial charge in [-0.2, -0.15) is 0 Å². The maximum Gasteiger partial charge on any atom is 0.323 e. The van der Waals surface area contributed by atoms with E-state index in [4.69, 9.17) is 4.74 Å². The molecule has 3 aromatic carbocycles. The number of fused-ring (bicyclic) bond motifs is 1. The molecule has 0 spiro atoms.